The maximum atomic E-state index is 5.68. The number of rotatable bonds is 5. The zero-order valence-corrected chi connectivity index (χ0v) is 11.2. The molecule has 0 atom stereocenters. The Hall–Kier alpha value is -1.91. The minimum atomic E-state index is 0.239. The van der Waals surface area contributed by atoms with Crippen molar-refractivity contribution < 1.29 is 9.26 Å². The number of pyridine rings is 1. The van der Waals surface area contributed by atoms with Crippen LogP contribution in [-0.2, 0) is 6.61 Å². The van der Waals surface area contributed by atoms with Crippen LogP contribution in [0.2, 0.25) is 0 Å². The summed E-state index contributed by atoms with van der Waals surface area (Å²) in [5, 5.41) is 3.90. The van der Waals surface area contributed by atoms with Gasteiger partial charge in [0.25, 0.3) is 0 Å². The molecule has 0 spiro atoms. The van der Waals surface area contributed by atoms with Gasteiger partial charge >= 0.3 is 0 Å². The Labute approximate surface area is 112 Å². The molecule has 5 heteroatoms. The minimum absolute atomic E-state index is 0.239. The zero-order valence-electron chi connectivity index (χ0n) is 11.2. The van der Waals surface area contributed by atoms with E-state index < -0.39 is 0 Å². The van der Waals surface area contributed by atoms with Crippen molar-refractivity contribution in [3.8, 4) is 5.75 Å². The third-order valence-corrected chi connectivity index (χ3v) is 3.09. The summed E-state index contributed by atoms with van der Waals surface area (Å²) in [4.78, 5) is 8.63. The topological polar surface area (TPSA) is 61.0 Å². The molecule has 1 aliphatic rings. The van der Waals surface area contributed by atoms with Crippen molar-refractivity contribution in [2.75, 3.05) is 0 Å². The average Bonchev–Trinajstić information content (AvgIpc) is 3.15. The highest BCUT2D eigenvalue weighted by molar-refractivity contribution is 5.26. The van der Waals surface area contributed by atoms with E-state index in [2.05, 4.69) is 15.1 Å². The summed E-state index contributed by atoms with van der Waals surface area (Å²) in [5.74, 6) is 2.90. The van der Waals surface area contributed by atoms with Gasteiger partial charge in [-0.25, -0.2) is 0 Å². The third-order valence-electron chi connectivity index (χ3n) is 3.09. The monoisotopic (exact) mass is 259 g/mol. The number of aromatic nitrogens is 3. The van der Waals surface area contributed by atoms with Crippen LogP contribution >= 0.6 is 0 Å². The summed E-state index contributed by atoms with van der Waals surface area (Å²) in [7, 11) is 0. The van der Waals surface area contributed by atoms with E-state index in [9.17, 15) is 0 Å². The summed E-state index contributed by atoms with van der Waals surface area (Å²) in [5.41, 5.74) is 1.12. The highest BCUT2D eigenvalue weighted by Gasteiger charge is 2.25. The molecule has 1 saturated carbocycles. The lowest BCUT2D eigenvalue weighted by Gasteiger charge is -2.04. The molecule has 0 radical (unpaired) electrons. The van der Waals surface area contributed by atoms with Crippen molar-refractivity contribution in [2.24, 2.45) is 0 Å². The van der Waals surface area contributed by atoms with Crippen molar-refractivity contribution in [1.29, 1.82) is 0 Å². The van der Waals surface area contributed by atoms with Gasteiger partial charge in [0.15, 0.2) is 6.61 Å². The molecule has 2 aromatic rings. The van der Waals surface area contributed by atoms with Gasteiger partial charge in [0.05, 0.1) is 0 Å². The van der Waals surface area contributed by atoms with Gasteiger partial charge in [-0.1, -0.05) is 19.0 Å². The fourth-order valence-corrected chi connectivity index (χ4v) is 1.83. The van der Waals surface area contributed by atoms with Crippen molar-refractivity contribution in [1.82, 2.24) is 15.1 Å². The second kappa shape index (κ2) is 4.99. The molecule has 2 aromatic heterocycles. The molecule has 0 saturated heterocycles. The molecule has 1 fully saturated rings. The van der Waals surface area contributed by atoms with Crippen molar-refractivity contribution in [2.45, 2.75) is 45.1 Å². The maximum Gasteiger partial charge on any atom is 0.229 e. The lowest BCUT2D eigenvalue weighted by molar-refractivity contribution is 0.284. The molecule has 0 N–H and O–H groups in total. The summed E-state index contributed by atoms with van der Waals surface area (Å²) in [6, 6.07) is 3.86. The standard InChI is InChI=1S/C14H17N3O2/c1-9(2)14-16-13(17-19-14)8-18-11-5-6-15-12(7-11)10-3-4-10/h5-7,9-10H,3-4,8H2,1-2H3. The maximum absolute atomic E-state index is 5.68. The van der Waals surface area contributed by atoms with Crippen molar-refractivity contribution in [3.63, 3.8) is 0 Å². The van der Waals surface area contributed by atoms with E-state index in [0.29, 0.717) is 24.2 Å². The Morgan fingerprint density at radius 2 is 2.26 bits per heavy atom. The number of hydrogen-bond acceptors (Lipinski definition) is 5. The van der Waals surface area contributed by atoms with Gasteiger partial charge in [-0.2, -0.15) is 4.98 Å². The Morgan fingerprint density at radius 1 is 1.42 bits per heavy atom. The molecular formula is C14H17N3O2. The molecule has 0 aromatic carbocycles. The quantitative estimate of drug-likeness (QED) is 0.825. The smallest absolute Gasteiger partial charge is 0.229 e. The molecule has 1 aliphatic carbocycles. The van der Waals surface area contributed by atoms with E-state index in [0.717, 1.165) is 11.4 Å². The van der Waals surface area contributed by atoms with Gasteiger partial charge in [0.2, 0.25) is 11.7 Å². The first-order valence-corrected chi connectivity index (χ1v) is 6.63. The highest BCUT2D eigenvalue weighted by atomic mass is 16.5. The minimum Gasteiger partial charge on any atom is -0.485 e. The normalized spacial score (nSPS) is 14.9. The summed E-state index contributed by atoms with van der Waals surface area (Å²) in [6.07, 6.45) is 4.26. The Bertz CT molecular complexity index is 561. The lowest BCUT2D eigenvalue weighted by atomic mass is 10.2. The Balaban J connectivity index is 1.63. The van der Waals surface area contributed by atoms with E-state index in [1.807, 2.05) is 26.0 Å². The first-order chi connectivity index (χ1) is 9.22. The third kappa shape index (κ3) is 2.92. The van der Waals surface area contributed by atoms with E-state index in [4.69, 9.17) is 9.26 Å². The first kappa shape index (κ1) is 12.1. The van der Waals surface area contributed by atoms with E-state index >= 15 is 0 Å². The molecule has 19 heavy (non-hydrogen) atoms. The lowest BCUT2D eigenvalue weighted by Crippen LogP contribution is -1.99. The van der Waals surface area contributed by atoms with Crippen molar-refractivity contribution in [3.05, 3.63) is 35.7 Å². The molecule has 100 valence electrons. The van der Waals surface area contributed by atoms with E-state index in [1.165, 1.54) is 12.8 Å². The predicted molar refractivity (Wildman–Crippen MR) is 68.9 cm³/mol. The SMILES string of the molecule is CC(C)c1nc(COc2ccnc(C3CC3)c2)no1. The predicted octanol–water partition coefficient (Wildman–Crippen LogP) is 3.04. The molecule has 0 unspecified atom stereocenters. The average molecular weight is 259 g/mol. The molecule has 2 heterocycles. The second-order valence-corrected chi connectivity index (χ2v) is 5.18. The fourth-order valence-electron chi connectivity index (χ4n) is 1.83. The summed E-state index contributed by atoms with van der Waals surface area (Å²) >= 11 is 0. The van der Waals surface area contributed by atoms with Gasteiger partial charge in [0, 0.05) is 29.8 Å². The molecular weight excluding hydrogens is 242 g/mol. The van der Waals surface area contributed by atoms with Crippen molar-refractivity contribution >= 4 is 0 Å². The summed E-state index contributed by atoms with van der Waals surface area (Å²) < 4.78 is 10.8. The van der Waals surface area contributed by atoms with Crippen LogP contribution in [0.15, 0.2) is 22.9 Å². The van der Waals surface area contributed by atoms with Gasteiger partial charge in [-0.3, -0.25) is 4.98 Å². The molecule has 0 amide bonds. The van der Waals surface area contributed by atoms with E-state index in [1.54, 1.807) is 6.20 Å². The summed E-state index contributed by atoms with van der Waals surface area (Å²) in [6.45, 7) is 4.36. The van der Waals surface area contributed by atoms with Gasteiger partial charge in [0.1, 0.15) is 5.75 Å². The molecule has 0 aliphatic heterocycles. The largest absolute Gasteiger partial charge is 0.485 e. The van der Waals surface area contributed by atoms with Crippen LogP contribution in [0, 0.1) is 0 Å². The van der Waals surface area contributed by atoms with Crippen LogP contribution in [0.4, 0.5) is 0 Å². The Kier molecular flexibility index (Phi) is 3.19. The van der Waals surface area contributed by atoms with Gasteiger partial charge in [-0.05, 0) is 18.9 Å². The Morgan fingerprint density at radius 3 is 2.95 bits per heavy atom. The second-order valence-electron chi connectivity index (χ2n) is 5.18. The molecule has 3 rings (SSSR count). The zero-order chi connectivity index (χ0) is 13.2. The number of hydrogen-bond donors (Lipinski definition) is 0. The van der Waals surface area contributed by atoms with Gasteiger partial charge < -0.3 is 9.26 Å². The number of ether oxygens (including phenoxy) is 1. The molecule has 0 bridgehead atoms. The van der Waals surface area contributed by atoms with Gasteiger partial charge in [-0.15, -0.1) is 0 Å². The van der Waals surface area contributed by atoms with E-state index in [-0.39, 0.29) is 5.92 Å². The van der Waals surface area contributed by atoms with Crippen LogP contribution in [0.25, 0.3) is 0 Å². The van der Waals surface area contributed by atoms with Crippen LogP contribution < -0.4 is 4.74 Å². The van der Waals surface area contributed by atoms with Crippen LogP contribution in [-0.4, -0.2) is 15.1 Å². The van der Waals surface area contributed by atoms with Crippen LogP contribution in [0.1, 0.15) is 55.9 Å². The highest BCUT2D eigenvalue weighted by Crippen LogP contribution is 2.39. The number of nitrogens with zero attached hydrogens (tertiary/aromatic N) is 3. The first-order valence-electron chi connectivity index (χ1n) is 6.63. The van der Waals surface area contributed by atoms with Crippen LogP contribution in [0.5, 0.6) is 5.75 Å². The van der Waals surface area contributed by atoms with Crippen LogP contribution in [0.3, 0.4) is 0 Å². The molecule has 5 nitrogen and oxygen atoms in total. The fraction of sp³-hybridized carbons (Fsp3) is 0.500.